The number of nitrogens with zero attached hydrogens (tertiary/aromatic N) is 2. The van der Waals surface area contributed by atoms with Crippen molar-refractivity contribution in [2.45, 2.75) is 11.4 Å². The molecule has 3 aliphatic rings. The monoisotopic (exact) mass is 255 g/mol. The molecule has 92 valence electrons. The van der Waals surface area contributed by atoms with Gasteiger partial charge in [-0.1, -0.05) is 6.08 Å². The van der Waals surface area contributed by atoms with Gasteiger partial charge in [-0.25, -0.2) is 19.0 Å². The first-order chi connectivity index (χ1) is 8.07. The van der Waals surface area contributed by atoms with Crippen LogP contribution in [-0.4, -0.2) is 37.5 Å². The minimum absolute atomic E-state index is 0.101. The van der Waals surface area contributed by atoms with Crippen LogP contribution >= 0.6 is 0 Å². The molecule has 3 unspecified atom stereocenters. The van der Waals surface area contributed by atoms with Crippen LogP contribution < -0.4 is 16.0 Å². The molecule has 0 aromatic rings. The topological polar surface area (TPSA) is 99.8 Å². The van der Waals surface area contributed by atoms with Gasteiger partial charge in [-0.3, -0.25) is 10.4 Å². The molecule has 0 radical (unpaired) electrons. The van der Waals surface area contributed by atoms with E-state index in [0.29, 0.717) is 6.54 Å². The highest BCUT2D eigenvalue weighted by molar-refractivity contribution is 7.89. The highest BCUT2D eigenvalue weighted by atomic mass is 32.2. The van der Waals surface area contributed by atoms with E-state index in [1.165, 1.54) is 0 Å². The predicted octanol–water partition coefficient (Wildman–Crippen LogP) is -1.55. The summed E-state index contributed by atoms with van der Waals surface area (Å²) >= 11 is 0. The summed E-state index contributed by atoms with van der Waals surface area (Å²) in [5.41, 5.74) is 6.54. The van der Waals surface area contributed by atoms with E-state index < -0.39 is 15.4 Å². The Bertz CT molecular complexity index is 524. The Balaban J connectivity index is 1.99. The van der Waals surface area contributed by atoms with Crippen LogP contribution in [0, 0.1) is 5.92 Å². The Morgan fingerprint density at radius 3 is 3.12 bits per heavy atom. The average molecular weight is 255 g/mol. The minimum Gasteiger partial charge on any atom is -0.339 e. The summed E-state index contributed by atoms with van der Waals surface area (Å²) in [6.45, 7) is 0.665. The SMILES string of the molecule is NS(=O)(=O)C1NNCC2C=C3C=NC=CN3C21. The lowest BCUT2D eigenvalue weighted by atomic mass is 10.0. The molecule has 0 saturated carbocycles. The van der Waals surface area contributed by atoms with Gasteiger partial charge in [0.05, 0.1) is 18.0 Å². The van der Waals surface area contributed by atoms with Crippen molar-refractivity contribution in [2.24, 2.45) is 16.0 Å². The molecule has 3 atom stereocenters. The summed E-state index contributed by atoms with van der Waals surface area (Å²) in [6.07, 6.45) is 7.16. The largest absolute Gasteiger partial charge is 0.339 e. The van der Waals surface area contributed by atoms with E-state index in [2.05, 4.69) is 15.8 Å². The Morgan fingerprint density at radius 2 is 2.35 bits per heavy atom. The van der Waals surface area contributed by atoms with Crippen molar-refractivity contribution in [1.82, 2.24) is 15.8 Å². The van der Waals surface area contributed by atoms with Crippen molar-refractivity contribution in [3.05, 3.63) is 24.2 Å². The maximum absolute atomic E-state index is 11.6. The third-order valence-corrected chi connectivity index (χ3v) is 4.31. The van der Waals surface area contributed by atoms with Gasteiger partial charge in [0.2, 0.25) is 10.0 Å². The summed E-state index contributed by atoms with van der Waals surface area (Å²) < 4.78 is 23.1. The number of hydrazine groups is 1. The van der Waals surface area contributed by atoms with E-state index in [1.54, 1.807) is 18.6 Å². The van der Waals surface area contributed by atoms with Crippen molar-refractivity contribution in [3.63, 3.8) is 0 Å². The molecule has 4 N–H and O–H groups in total. The first-order valence-corrected chi connectivity index (χ1v) is 6.88. The lowest BCUT2D eigenvalue weighted by Gasteiger charge is -2.38. The number of nitrogens with one attached hydrogen (secondary N) is 2. The Kier molecular flexibility index (Phi) is 2.33. The third-order valence-electron chi connectivity index (χ3n) is 3.21. The molecule has 0 amide bonds. The number of primary sulfonamides is 1. The lowest BCUT2D eigenvalue weighted by molar-refractivity contribution is 0.217. The van der Waals surface area contributed by atoms with Gasteiger partial charge in [-0.2, -0.15) is 0 Å². The van der Waals surface area contributed by atoms with Crippen LogP contribution in [0.4, 0.5) is 0 Å². The number of rotatable bonds is 1. The summed E-state index contributed by atoms with van der Waals surface area (Å²) in [6, 6.07) is -0.218. The Morgan fingerprint density at radius 1 is 1.53 bits per heavy atom. The highest BCUT2D eigenvalue weighted by Crippen LogP contribution is 2.32. The van der Waals surface area contributed by atoms with Crippen molar-refractivity contribution in [3.8, 4) is 0 Å². The fraction of sp³-hybridized carbons (Fsp3) is 0.444. The molecule has 3 rings (SSSR count). The molecule has 17 heavy (non-hydrogen) atoms. The second kappa shape index (κ2) is 3.64. The van der Waals surface area contributed by atoms with Gasteiger partial charge in [0.25, 0.3) is 0 Å². The van der Waals surface area contributed by atoms with Gasteiger partial charge in [0.15, 0.2) is 5.37 Å². The Hall–Kier alpha value is -1.22. The number of aliphatic imine (C=N–C) groups is 1. The number of nitrogens with two attached hydrogens (primary N) is 1. The highest BCUT2D eigenvalue weighted by Gasteiger charge is 2.45. The van der Waals surface area contributed by atoms with Gasteiger partial charge in [0, 0.05) is 24.9 Å². The smallest absolute Gasteiger partial charge is 0.228 e. The number of hydrogen-bond acceptors (Lipinski definition) is 6. The van der Waals surface area contributed by atoms with E-state index in [0.717, 1.165) is 5.70 Å². The van der Waals surface area contributed by atoms with Crippen LogP contribution in [0.5, 0.6) is 0 Å². The summed E-state index contributed by atoms with van der Waals surface area (Å²) in [5, 5.41) is 4.42. The molecule has 3 heterocycles. The van der Waals surface area contributed by atoms with Gasteiger partial charge >= 0.3 is 0 Å². The summed E-state index contributed by atoms with van der Waals surface area (Å²) in [5.74, 6) is 0.101. The maximum atomic E-state index is 11.6. The van der Waals surface area contributed by atoms with Gasteiger partial charge < -0.3 is 4.90 Å². The third kappa shape index (κ3) is 1.69. The molecule has 3 aliphatic heterocycles. The molecule has 0 aliphatic carbocycles. The first-order valence-electron chi connectivity index (χ1n) is 5.27. The average Bonchev–Trinajstić information content (AvgIpc) is 2.65. The van der Waals surface area contributed by atoms with E-state index >= 15 is 0 Å². The van der Waals surface area contributed by atoms with Gasteiger partial charge in [-0.15, -0.1) is 0 Å². The molecule has 0 aromatic heterocycles. The van der Waals surface area contributed by atoms with Crippen LogP contribution in [0.25, 0.3) is 0 Å². The lowest BCUT2D eigenvalue weighted by Crippen LogP contribution is -2.64. The zero-order valence-electron chi connectivity index (χ0n) is 8.95. The molecule has 1 saturated heterocycles. The molecular weight excluding hydrogens is 242 g/mol. The van der Waals surface area contributed by atoms with Gasteiger partial charge in [0.1, 0.15) is 0 Å². The van der Waals surface area contributed by atoms with Crippen LogP contribution in [0.2, 0.25) is 0 Å². The zero-order chi connectivity index (χ0) is 12.0. The number of sulfonamides is 1. The predicted molar refractivity (Wildman–Crippen MR) is 62.9 cm³/mol. The van der Waals surface area contributed by atoms with Crippen molar-refractivity contribution in [1.29, 1.82) is 0 Å². The zero-order valence-corrected chi connectivity index (χ0v) is 9.76. The Labute approximate surface area is 99.1 Å². The van der Waals surface area contributed by atoms with E-state index in [1.807, 2.05) is 11.0 Å². The second-order valence-corrected chi connectivity index (χ2v) is 5.95. The molecule has 7 nitrogen and oxygen atoms in total. The maximum Gasteiger partial charge on any atom is 0.228 e. The van der Waals surface area contributed by atoms with Crippen LogP contribution in [-0.2, 0) is 10.0 Å². The van der Waals surface area contributed by atoms with Crippen LogP contribution in [0.15, 0.2) is 29.2 Å². The van der Waals surface area contributed by atoms with E-state index in [4.69, 9.17) is 5.14 Å². The normalized spacial score (nSPS) is 35.5. The number of hydrogen-bond donors (Lipinski definition) is 3. The molecule has 1 fully saturated rings. The van der Waals surface area contributed by atoms with E-state index in [-0.39, 0.29) is 12.0 Å². The van der Waals surface area contributed by atoms with Crippen molar-refractivity contribution < 1.29 is 8.42 Å². The second-order valence-electron chi connectivity index (χ2n) is 4.26. The van der Waals surface area contributed by atoms with Crippen LogP contribution in [0.1, 0.15) is 0 Å². The molecule has 0 spiro atoms. The van der Waals surface area contributed by atoms with Crippen molar-refractivity contribution >= 4 is 16.2 Å². The molecule has 0 bridgehead atoms. The number of fused-ring (bicyclic) bond motifs is 3. The fourth-order valence-electron chi connectivity index (χ4n) is 2.50. The van der Waals surface area contributed by atoms with Gasteiger partial charge in [-0.05, 0) is 0 Å². The molecular formula is C9H13N5O2S. The van der Waals surface area contributed by atoms with Crippen molar-refractivity contribution in [2.75, 3.05) is 6.54 Å². The standard InChI is InChI=1S/C9H13N5O2S/c10-17(15,16)9-8-6(4-12-13-9)3-7-5-11-1-2-14(7)8/h1-3,5-6,8-9,12-13H,4H2,(H2,10,15,16). The first kappa shape index (κ1) is 10.9. The number of allylic oxidation sites excluding steroid dienone is 1. The fourth-order valence-corrected chi connectivity index (χ4v) is 3.47. The van der Waals surface area contributed by atoms with Crippen LogP contribution in [0.3, 0.4) is 0 Å². The van der Waals surface area contributed by atoms with E-state index in [9.17, 15) is 8.42 Å². The molecule has 8 heteroatoms. The minimum atomic E-state index is -3.66. The summed E-state index contributed by atoms with van der Waals surface area (Å²) in [4.78, 5) is 5.93. The summed E-state index contributed by atoms with van der Waals surface area (Å²) in [7, 11) is -3.66. The quantitative estimate of drug-likeness (QED) is 0.526. The molecule has 0 aromatic carbocycles.